The van der Waals surface area contributed by atoms with Crippen molar-refractivity contribution in [2.75, 3.05) is 7.11 Å². The van der Waals surface area contributed by atoms with Gasteiger partial charge in [0.2, 0.25) is 0 Å². The first-order valence-corrected chi connectivity index (χ1v) is 4.54. The molecule has 0 unspecified atom stereocenters. The fraction of sp³-hybridized carbons (Fsp3) is 0.400. The maximum absolute atomic E-state index is 13.0. The van der Waals surface area contributed by atoms with Crippen LogP contribution in [0.2, 0.25) is 0 Å². The first kappa shape index (κ1) is 13.7. The largest absolute Gasteiger partial charge is 0.497 e. The molecule has 0 heterocycles. The maximum atomic E-state index is 13.0. The molecule has 96 valence electrons. The predicted molar refractivity (Wildman–Crippen MR) is 50.9 cm³/mol. The highest BCUT2D eigenvalue weighted by Crippen LogP contribution is 2.43. The smallest absolute Gasteiger partial charge is 0.455 e. The van der Waals surface area contributed by atoms with Crippen LogP contribution in [0.1, 0.15) is 11.6 Å². The van der Waals surface area contributed by atoms with E-state index in [0.29, 0.717) is 0 Å². The van der Waals surface area contributed by atoms with E-state index < -0.39 is 18.1 Å². The van der Waals surface area contributed by atoms with Crippen molar-refractivity contribution >= 4 is 0 Å². The number of hydrogen-bond acceptors (Lipinski definition) is 2. The van der Waals surface area contributed by atoms with Crippen molar-refractivity contribution in [1.82, 2.24) is 0 Å². The maximum Gasteiger partial charge on any atom is 0.455 e. The van der Waals surface area contributed by atoms with Crippen molar-refractivity contribution in [3.8, 4) is 5.75 Å². The summed E-state index contributed by atoms with van der Waals surface area (Å²) in [6.45, 7) is 0. The molecule has 0 aromatic heterocycles. The molecule has 0 spiro atoms. The third kappa shape index (κ3) is 2.66. The lowest BCUT2D eigenvalue weighted by Gasteiger charge is -2.26. The van der Waals surface area contributed by atoms with Crippen molar-refractivity contribution in [2.45, 2.75) is 18.1 Å². The molecule has 0 amide bonds. The van der Waals surface area contributed by atoms with Crippen LogP contribution in [0.25, 0.3) is 0 Å². The topological polar surface area (TPSA) is 35.2 Å². The Morgan fingerprint density at radius 1 is 1.18 bits per heavy atom. The van der Waals surface area contributed by atoms with Gasteiger partial charge in [-0.3, -0.25) is 0 Å². The average molecular weight is 255 g/mol. The van der Waals surface area contributed by atoms with Crippen molar-refractivity contribution in [3.63, 3.8) is 0 Å². The van der Waals surface area contributed by atoms with Gasteiger partial charge >= 0.3 is 12.1 Å². The van der Waals surface area contributed by atoms with Crippen LogP contribution in [0, 0.1) is 0 Å². The average Bonchev–Trinajstić information content (AvgIpc) is 2.26. The summed E-state index contributed by atoms with van der Waals surface area (Å²) in [6.07, 6.45) is -5.69. The zero-order valence-corrected chi connectivity index (χ0v) is 8.76. The standard InChI is InChI=1S/C10H10F5NO/c1-17-7-4-2-3-6(5-7)8(16)9(11,12)10(13,14)15/h2-5,8H,16H2,1H3/t8-/m0/s1. The Morgan fingerprint density at radius 3 is 2.24 bits per heavy atom. The quantitative estimate of drug-likeness (QED) is 0.843. The summed E-state index contributed by atoms with van der Waals surface area (Å²) in [5.41, 5.74) is 4.62. The van der Waals surface area contributed by atoms with Gasteiger partial charge in [-0.25, -0.2) is 0 Å². The predicted octanol–water partition coefficient (Wildman–Crippen LogP) is 2.89. The van der Waals surface area contributed by atoms with Crippen molar-refractivity contribution < 1.29 is 26.7 Å². The molecule has 1 aromatic carbocycles. The van der Waals surface area contributed by atoms with Crippen LogP contribution in [0.3, 0.4) is 0 Å². The van der Waals surface area contributed by atoms with Gasteiger partial charge in [-0.2, -0.15) is 22.0 Å². The van der Waals surface area contributed by atoms with Gasteiger partial charge < -0.3 is 10.5 Å². The summed E-state index contributed by atoms with van der Waals surface area (Å²) in [5, 5.41) is 0. The van der Waals surface area contributed by atoms with Crippen molar-refractivity contribution in [1.29, 1.82) is 0 Å². The molecule has 2 N–H and O–H groups in total. The third-order valence-corrected chi connectivity index (χ3v) is 2.22. The van der Waals surface area contributed by atoms with E-state index in [1.165, 1.54) is 19.2 Å². The fourth-order valence-corrected chi connectivity index (χ4v) is 1.22. The Kier molecular flexibility index (Phi) is 3.61. The van der Waals surface area contributed by atoms with Gasteiger partial charge in [-0.1, -0.05) is 12.1 Å². The van der Waals surface area contributed by atoms with Crippen LogP contribution in [0.15, 0.2) is 24.3 Å². The van der Waals surface area contributed by atoms with Crippen LogP contribution in [-0.4, -0.2) is 19.2 Å². The number of hydrogen-bond donors (Lipinski definition) is 1. The van der Waals surface area contributed by atoms with Crippen molar-refractivity contribution in [2.24, 2.45) is 5.73 Å². The SMILES string of the molecule is COc1cccc([C@H](N)C(F)(F)C(F)(F)F)c1. The van der Waals surface area contributed by atoms with E-state index in [1.54, 1.807) is 0 Å². The van der Waals surface area contributed by atoms with Gasteiger partial charge in [-0.05, 0) is 17.7 Å². The molecule has 0 aliphatic heterocycles. The van der Waals surface area contributed by atoms with E-state index >= 15 is 0 Å². The Labute approximate surface area is 94.2 Å². The first-order chi connectivity index (χ1) is 7.70. The zero-order valence-electron chi connectivity index (χ0n) is 8.76. The van der Waals surface area contributed by atoms with E-state index in [0.717, 1.165) is 12.1 Å². The van der Waals surface area contributed by atoms with E-state index in [4.69, 9.17) is 10.5 Å². The number of benzene rings is 1. The molecule has 1 aromatic rings. The number of rotatable bonds is 3. The molecule has 7 heteroatoms. The Bertz CT molecular complexity index is 391. The molecule has 0 radical (unpaired) electrons. The van der Waals surface area contributed by atoms with Gasteiger partial charge in [-0.15, -0.1) is 0 Å². The van der Waals surface area contributed by atoms with Crippen LogP contribution >= 0.6 is 0 Å². The van der Waals surface area contributed by atoms with Gasteiger partial charge in [0, 0.05) is 0 Å². The third-order valence-electron chi connectivity index (χ3n) is 2.22. The summed E-state index contributed by atoms with van der Waals surface area (Å²) in [7, 11) is 1.27. The fourth-order valence-electron chi connectivity index (χ4n) is 1.22. The Morgan fingerprint density at radius 2 is 1.76 bits per heavy atom. The monoisotopic (exact) mass is 255 g/mol. The molecular weight excluding hydrogens is 245 g/mol. The molecule has 0 fully saturated rings. The molecule has 0 bridgehead atoms. The van der Waals surface area contributed by atoms with E-state index in [2.05, 4.69) is 0 Å². The lowest BCUT2D eigenvalue weighted by Crippen LogP contribution is -2.45. The normalized spacial score (nSPS) is 14.5. The highest BCUT2D eigenvalue weighted by Gasteiger charge is 2.61. The molecule has 1 atom stereocenters. The zero-order chi connectivity index (χ0) is 13.3. The minimum atomic E-state index is -5.69. The number of halogens is 5. The molecule has 17 heavy (non-hydrogen) atoms. The van der Waals surface area contributed by atoms with Gasteiger partial charge in [0.1, 0.15) is 11.8 Å². The summed E-state index contributed by atoms with van der Waals surface area (Å²) >= 11 is 0. The van der Waals surface area contributed by atoms with Crippen LogP contribution in [0.4, 0.5) is 22.0 Å². The summed E-state index contributed by atoms with van der Waals surface area (Å²) in [6, 6.07) is 2.39. The number of nitrogens with two attached hydrogens (primary N) is 1. The van der Waals surface area contributed by atoms with Gasteiger partial charge in [0.25, 0.3) is 0 Å². The van der Waals surface area contributed by atoms with E-state index in [-0.39, 0.29) is 11.3 Å². The van der Waals surface area contributed by atoms with Gasteiger partial charge in [0.15, 0.2) is 0 Å². The highest BCUT2D eigenvalue weighted by atomic mass is 19.4. The summed E-state index contributed by atoms with van der Waals surface area (Å²) < 4.78 is 66.9. The minimum absolute atomic E-state index is 0.163. The van der Waals surface area contributed by atoms with E-state index in [1.807, 2.05) is 0 Å². The van der Waals surface area contributed by atoms with Crippen LogP contribution < -0.4 is 10.5 Å². The summed E-state index contributed by atoms with van der Waals surface area (Å²) in [4.78, 5) is 0. The summed E-state index contributed by atoms with van der Waals surface area (Å²) in [5.74, 6) is -4.82. The van der Waals surface area contributed by atoms with Crippen molar-refractivity contribution in [3.05, 3.63) is 29.8 Å². The molecule has 1 rings (SSSR count). The lowest BCUT2D eigenvalue weighted by molar-refractivity contribution is -0.291. The highest BCUT2D eigenvalue weighted by molar-refractivity contribution is 5.31. The molecular formula is C10H10F5NO. The first-order valence-electron chi connectivity index (χ1n) is 4.54. The Balaban J connectivity index is 3.07. The molecule has 0 saturated carbocycles. The van der Waals surface area contributed by atoms with Crippen LogP contribution in [-0.2, 0) is 0 Å². The molecule has 0 aliphatic carbocycles. The Hall–Kier alpha value is -1.37. The number of methoxy groups -OCH3 is 1. The number of alkyl halides is 5. The second kappa shape index (κ2) is 4.48. The van der Waals surface area contributed by atoms with E-state index in [9.17, 15) is 22.0 Å². The lowest BCUT2D eigenvalue weighted by atomic mass is 10.0. The number of ether oxygens (including phenoxy) is 1. The second-order valence-electron chi connectivity index (χ2n) is 3.38. The minimum Gasteiger partial charge on any atom is -0.497 e. The molecule has 0 aliphatic rings. The second-order valence-corrected chi connectivity index (χ2v) is 3.38. The van der Waals surface area contributed by atoms with Crippen LogP contribution in [0.5, 0.6) is 5.75 Å². The molecule has 2 nitrogen and oxygen atoms in total. The molecule has 0 saturated heterocycles. The van der Waals surface area contributed by atoms with Gasteiger partial charge in [0.05, 0.1) is 7.11 Å².